The Labute approximate surface area is 201 Å². The molecule has 4 rings (SSSR count). The Morgan fingerprint density at radius 2 is 1.76 bits per heavy atom. The van der Waals surface area contributed by atoms with Crippen molar-refractivity contribution in [2.45, 2.75) is 50.8 Å². The highest BCUT2D eigenvalue weighted by molar-refractivity contribution is 7.15. The Morgan fingerprint density at radius 1 is 1.03 bits per heavy atom. The highest BCUT2D eigenvalue weighted by Crippen LogP contribution is 2.35. The number of rotatable bonds is 6. The molecule has 0 aliphatic carbocycles. The number of ether oxygens (including phenoxy) is 2. The molecule has 5 atom stereocenters. The summed E-state index contributed by atoms with van der Waals surface area (Å²) in [5.41, 5.74) is 3.69. The molecule has 3 aromatic rings. The second kappa shape index (κ2) is 10.3. The van der Waals surface area contributed by atoms with E-state index in [1.165, 1.54) is 19.1 Å². The van der Waals surface area contributed by atoms with Gasteiger partial charge in [-0.3, -0.25) is 4.79 Å². The molecule has 1 saturated heterocycles. The van der Waals surface area contributed by atoms with Crippen LogP contribution in [0.15, 0.2) is 54.6 Å². The van der Waals surface area contributed by atoms with Crippen LogP contribution in [0.4, 0.5) is 4.39 Å². The Bertz CT molecular complexity index is 1140. The molecule has 2 heterocycles. The highest BCUT2D eigenvalue weighted by Gasteiger charge is 2.44. The van der Waals surface area contributed by atoms with Gasteiger partial charge in [-0.15, -0.1) is 11.3 Å². The average Bonchev–Trinajstić information content (AvgIpc) is 3.27. The van der Waals surface area contributed by atoms with Crippen LogP contribution in [0.5, 0.6) is 0 Å². The zero-order valence-corrected chi connectivity index (χ0v) is 19.7. The summed E-state index contributed by atoms with van der Waals surface area (Å²) in [6, 6.07) is 16.1. The van der Waals surface area contributed by atoms with E-state index in [1.54, 1.807) is 23.5 Å². The van der Waals surface area contributed by atoms with E-state index in [-0.39, 0.29) is 12.4 Å². The van der Waals surface area contributed by atoms with E-state index in [0.717, 1.165) is 26.4 Å². The van der Waals surface area contributed by atoms with Gasteiger partial charge in [-0.2, -0.15) is 0 Å². The summed E-state index contributed by atoms with van der Waals surface area (Å²) in [4.78, 5) is 13.3. The number of aryl methyl sites for hydroxylation is 1. The van der Waals surface area contributed by atoms with Crippen molar-refractivity contribution >= 4 is 17.3 Å². The number of thiophene rings is 1. The fraction of sp³-hybridized carbons (Fsp3) is 0.346. The van der Waals surface area contributed by atoms with Crippen molar-refractivity contribution in [2.24, 2.45) is 0 Å². The monoisotopic (exact) mass is 486 g/mol. The van der Waals surface area contributed by atoms with Gasteiger partial charge >= 0.3 is 5.97 Å². The largest absolute Gasteiger partial charge is 0.463 e. The van der Waals surface area contributed by atoms with Crippen molar-refractivity contribution in [1.82, 2.24) is 0 Å². The van der Waals surface area contributed by atoms with Crippen LogP contribution in [-0.4, -0.2) is 52.3 Å². The summed E-state index contributed by atoms with van der Waals surface area (Å²) in [5.74, 6) is -0.797. The molecule has 1 aliphatic heterocycles. The van der Waals surface area contributed by atoms with E-state index >= 15 is 0 Å². The van der Waals surface area contributed by atoms with E-state index < -0.39 is 36.5 Å². The maximum Gasteiger partial charge on any atom is 0.302 e. The number of hydrogen-bond acceptors (Lipinski definition) is 7. The molecule has 2 aromatic carbocycles. The quantitative estimate of drug-likeness (QED) is 0.462. The molecule has 3 N–H and O–H groups in total. The van der Waals surface area contributed by atoms with Crippen molar-refractivity contribution in [3.8, 4) is 10.4 Å². The van der Waals surface area contributed by atoms with Gasteiger partial charge in [0, 0.05) is 23.1 Å². The lowest BCUT2D eigenvalue weighted by molar-refractivity contribution is -0.234. The number of benzene rings is 2. The first-order chi connectivity index (χ1) is 16.2. The van der Waals surface area contributed by atoms with Crippen LogP contribution in [0.1, 0.15) is 34.6 Å². The van der Waals surface area contributed by atoms with Gasteiger partial charge in [-0.05, 0) is 53.4 Å². The second-order valence-corrected chi connectivity index (χ2v) is 9.67. The molecular formula is C26H27FO6S. The van der Waals surface area contributed by atoms with Gasteiger partial charge in [0.2, 0.25) is 0 Å². The molecular weight excluding hydrogens is 459 g/mol. The molecule has 0 bridgehead atoms. The number of halogens is 1. The summed E-state index contributed by atoms with van der Waals surface area (Å²) < 4.78 is 24.1. The summed E-state index contributed by atoms with van der Waals surface area (Å²) in [5, 5.41) is 31.2. The number of aliphatic hydroxyl groups is 3. The number of hydrogen-bond donors (Lipinski definition) is 3. The van der Waals surface area contributed by atoms with Gasteiger partial charge in [0.25, 0.3) is 0 Å². The Morgan fingerprint density at radius 3 is 2.47 bits per heavy atom. The third-order valence-corrected chi connectivity index (χ3v) is 7.15. The zero-order chi connectivity index (χ0) is 24.4. The van der Waals surface area contributed by atoms with Crippen LogP contribution in [0.3, 0.4) is 0 Å². The normalized spacial score (nSPS) is 24.7. The molecule has 6 nitrogen and oxygen atoms in total. The molecule has 0 spiro atoms. The van der Waals surface area contributed by atoms with Gasteiger partial charge in [-0.25, -0.2) is 4.39 Å². The van der Waals surface area contributed by atoms with Crippen LogP contribution >= 0.6 is 11.3 Å². The van der Waals surface area contributed by atoms with Gasteiger partial charge in [-0.1, -0.05) is 30.3 Å². The van der Waals surface area contributed by atoms with Crippen molar-refractivity contribution in [3.63, 3.8) is 0 Å². The maximum absolute atomic E-state index is 13.2. The van der Waals surface area contributed by atoms with E-state index in [2.05, 4.69) is 0 Å². The fourth-order valence-corrected chi connectivity index (χ4v) is 5.09. The summed E-state index contributed by atoms with van der Waals surface area (Å²) >= 11 is 1.62. The lowest BCUT2D eigenvalue weighted by Crippen LogP contribution is -2.55. The predicted octanol–water partition coefficient (Wildman–Crippen LogP) is 3.54. The van der Waals surface area contributed by atoms with Crippen LogP contribution in [-0.2, 0) is 20.7 Å². The minimum atomic E-state index is -1.44. The van der Waals surface area contributed by atoms with Crippen LogP contribution in [0.25, 0.3) is 10.4 Å². The highest BCUT2D eigenvalue weighted by atomic mass is 32.1. The number of esters is 1. The Balaban J connectivity index is 1.54. The van der Waals surface area contributed by atoms with Crippen molar-refractivity contribution in [3.05, 3.63) is 82.0 Å². The van der Waals surface area contributed by atoms with Gasteiger partial charge < -0.3 is 24.8 Å². The van der Waals surface area contributed by atoms with E-state index in [9.17, 15) is 24.5 Å². The second-order valence-electron chi connectivity index (χ2n) is 8.51. The van der Waals surface area contributed by atoms with Crippen LogP contribution < -0.4 is 0 Å². The minimum absolute atomic E-state index is 0.225. The molecule has 8 heteroatoms. The average molecular weight is 487 g/mol. The number of aliphatic hydroxyl groups excluding tert-OH is 3. The van der Waals surface area contributed by atoms with E-state index in [1.807, 2.05) is 37.3 Å². The molecule has 0 saturated carbocycles. The van der Waals surface area contributed by atoms with Crippen molar-refractivity contribution in [1.29, 1.82) is 0 Å². The first kappa shape index (κ1) is 24.5. The molecule has 2 unspecified atom stereocenters. The number of carbonyl (C=O) groups is 1. The van der Waals surface area contributed by atoms with Gasteiger partial charge in [0.15, 0.2) is 0 Å². The van der Waals surface area contributed by atoms with Crippen molar-refractivity contribution < 1.29 is 34.0 Å². The molecule has 0 radical (unpaired) electrons. The standard InChI is InChI=1S/C26H27FO6S/c1-14-3-4-17(26-25(31)24(30)23(29)21(33-26)13-32-15(2)28)11-18(14)12-20-9-10-22(34-20)16-5-7-19(27)8-6-16/h3-11,21,23-26,29-31H,12-13H2,1-2H3/t21?,23-,24+,25-,26?/m1/s1. The summed E-state index contributed by atoms with van der Waals surface area (Å²) in [7, 11) is 0. The third-order valence-electron chi connectivity index (χ3n) is 6.02. The topological polar surface area (TPSA) is 96.2 Å². The Kier molecular flexibility index (Phi) is 7.45. The lowest BCUT2D eigenvalue weighted by atomic mass is 9.89. The van der Waals surface area contributed by atoms with Crippen LogP contribution in [0.2, 0.25) is 0 Å². The smallest absolute Gasteiger partial charge is 0.302 e. The van der Waals surface area contributed by atoms with E-state index in [0.29, 0.717) is 12.0 Å². The third kappa shape index (κ3) is 5.37. The van der Waals surface area contributed by atoms with Gasteiger partial charge in [0.1, 0.15) is 42.9 Å². The van der Waals surface area contributed by atoms with Crippen LogP contribution in [0, 0.1) is 12.7 Å². The molecule has 34 heavy (non-hydrogen) atoms. The zero-order valence-electron chi connectivity index (χ0n) is 18.8. The number of carbonyl (C=O) groups excluding carboxylic acids is 1. The van der Waals surface area contributed by atoms with E-state index in [4.69, 9.17) is 9.47 Å². The minimum Gasteiger partial charge on any atom is -0.463 e. The maximum atomic E-state index is 13.2. The van der Waals surface area contributed by atoms with Gasteiger partial charge in [0.05, 0.1) is 0 Å². The predicted molar refractivity (Wildman–Crippen MR) is 126 cm³/mol. The Hall–Kier alpha value is -2.62. The lowest BCUT2D eigenvalue weighted by Gasteiger charge is -2.40. The first-order valence-electron chi connectivity index (χ1n) is 11.0. The SMILES string of the molecule is CC(=O)OCC1OC(c2ccc(C)c(Cc3ccc(-c4ccc(F)cc4)s3)c2)[C@H](O)[C@@H](O)[C@@H]1O. The van der Waals surface area contributed by atoms with Crippen molar-refractivity contribution in [2.75, 3.05) is 6.61 Å². The molecule has 180 valence electrons. The molecule has 1 fully saturated rings. The molecule has 0 amide bonds. The molecule has 1 aliphatic rings. The first-order valence-corrected chi connectivity index (χ1v) is 11.8. The fourth-order valence-electron chi connectivity index (χ4n) is 4.05. The summed E-state index contributed by atoms with van der Waals surface area (Å²) in [6.07, 6.45) is -5.38. The summed E-state index contributed by atoms with van der Waals surface area (Å²) in [6.45, 7) is 3.01. The molecule has 1 aromatic heterocycles.